The van der Waals surface area contributed by atoms with Gasteiger partial charge in [0.05, 0.1) is 24.6 Å². The third-order valence-corrected chi connectivity index (χ3v) is 5.68. The van der Waals surface area contributed by atoms with Gasteiger partial charge in [0.15, 0.2) is 0 Å². The monoisotopic (exact) mass is 468 g/mol. The molecule has 172 valence electrons. The van der Waals surface area contributed by atoms with Crippen LogP contribution in [0.25, 0.3) is 11.4 Å². The van der Waals surface area contributed by atoms with Crippen molar-refractivity contribution in [1.82, 2.24) is 15.0 Å². The van der Waals surface area contributed by atoms with Crippen molar-refractivity contribution in [2.45, 2.75) is 26.3 Å². The number of esters is 1. The highest BCUT2D eigenvalue weighted by Gasteiger charge is 2.27. The van der Waals surface area contributed by atoms with E-state index in [1.54, 1.807) is 43.3 Å². The molecule has 9 heteroatoms. The fourth-order valence-electron chi connectivity index (χ4n) is 3.82. The maximum Gasteiger partial charge on any atom is 0.338 e. The molecule has 1 aliphatic heterocycles. The number of nitrogens with zero attached hydrogens (tertiary/aromatic N) is 3. The number of hydrogen-bond donors (Lipinski definition) is 1. The minimum atomic E-state index is -0.377. The largest absolute Gasteiger partial charge is 0.462 e. The van der Waals surface area contributed by atoms with Gasteiger partial charge in [0, 0.05) is 22.8 Å². The average molecular weight is 469 g/mol. The van der Waals surface area contributed by atoms with E-state index in [1.165, 1.54) is 0 Å². The van der Waals surface area contributed by atoms with Crippen LogP contribution in [0.15, 0.2) is 53.1 Å². The average Bonchev–Trinajstić information content (AvgIpc) is 3.28. The van der Waals surface area contributed by atoms with E-state index >= 15 is 0 Å². The zero-order valence-electron chi connectivity index (χ0n) is 18.3. The van der Waals surface area contributed by atoms with E-state index in [9.17, 15) is 9.59 Å². The fraction of sp³-hybridized carbons (Fsp3) is 0.333. The van der Waals surface area contributed by atoms with E-state index in [0.717, 1.165) is 24.9 Å². The molecule has 2 heterocycles. The molecular formula is C24H25ClN4O4. The van der Waals surface area contributed by atoms with Crippen molar-refractivity contribution in [2.24, 2.45) is 5.92 Å². The van der Waals surface area contributed by atoms with Gasteiger partial charge < -0.3 is 14.6 Å². The summed E-state index contributed by atoms with van der Waals surface area (Å²) >= 11 is 6.04. The van der Waals surface area contributed by atoms with Gasteiger partial charge in [-0.2, -0.15) is 4.98 Å². The molecule has 2 aromatic carbocycles. The van der Waals surface area contributed by atoms with Crippen LogP contribution in [0.3, 0.4) is 0 Å². The molecule has 1 fully saturated rings. The lowest BCUT2D eigenvalue weighted by atomic mass is 9.97. The van der Waals surface area contributed by atoms with E-state index in [-0.39, 0.29) is 17.8 Å². The normalized spacial score (nSPS) is 16.4. The second kappa shape index (κ2) is 10.6. The summed E-state index contributed by atoms with van der Waals surface area (Å²) in [5, 5.41) is 7.60. The number of carbonyl (C=O) groups is 2. The van der Waals surface area contributed by atoms with Crippen molar-refractivity contribution in [3.8, 4) is 11.4 Å². The quantitative estimate of drug-likeness (QED) is 0.512. The molecule has 1 N–H and O–H groups in total. The van der Waals surface area contributed by atoms with Crippen molar-refractivity contribution in [1.29, 1.82) is 0 Å². The van der Waals surface area contributed by atoms with E-state index in [0.29, 0.717) is 47.7 Å². The number of likely N-dealkylation sites (tertiary alicyclic amines) is 1. The minimum Gasteiger partial charge on any atom is -0.462 e. The predicted molar refractivity (Wildman–Crippen MR) is 124 cm³/mol. The number of rotatable bonds is 7. The predicted octanol–water partition coefficient (Wildman–Crippen LogP) is 4.42. The van der Waals surface area contributed by atoms with Gasteiger partial charge in [0.2, 0.25) is 17.6 Å². The zero-order chi connectivity index (χ0) is 23.2. The van der Waals surface area contributed by atoms with E-state index in [4.69, 9.17) is 20.9 Å². The van der Waals surface area contributed by atoms with Crippen molar-refractivity contribution in [3.63, 3.8) is 0 Å². The lowest BCUT2D eigenvalue weighted by molar-refractivity contribution is -0.121. The van der Waals surface area contributed by atoms with Crippen molar-refractivity contribution < 1.29 is 18.8 Å². The Balaban J connectivity index is 1.33. The number of aromatic nitrogens is 2. The number of hydrogen-bond acceptors (Lipinski definition) is 7. The van der Waals surface area contributed by atoms with Crippen LogP contribution >= 0.6 is 11.6 Å². The van der Waals surface area contributed by atoms with Crippen LogP contribution in [-0.4, -0.2) is 46.6 Å². The number of benzene rings is 2. The van der Waals surface area contributed by atoms with Crippen molar-refractivity contribution in [2.75, 3.05) is 25.0 Å². The summed E-state index contributed by atoms with van der Waals surface area (Å²) in [6.45, 7) is 4.01. The molecule has 3 aromatic rings. The number of ether oxygens (including phenoxy) is 1. The topological polar surface area (TPSA) is 97.6 Å². The summed E-state index contributed by atoms with van der Waals surface area (Å²) in [6.07, 6.45) is 1.70. The fourth-order valence-corrected chi connectivity index (χ4v) is 4.01. The Labute approximate surface area is 196 Å². The Bertz CT molecular complexity index is 1120. The van der Waals surface area contributed by atoms with Crippen LogP contribution in [0.4, 0.5) is 5.69 Å². The number of amides is 1. The minimum absolute atomic E-state index is 0.0475. The zero-order valence-corrected chi connectivity index (χ0v) is 19.0. The Morgan fingerprint density at radius 2 is 2.06 bits per heavy atom. The number of carbonyl (C=O) groups excluding carboxylic acids is 2. The molecule has 1 saturated heterocycles. The molecule has 8 nitrogen and oxygen atoms in total. The lowest BCUT2D eigenvalue weighted by Crippen LogP contribution is -2.40. The molecule has 4 rings (SSSR count). The molecule has 1 atom stereocenters. The second-order valence-electron chi connectivity index (χ2n) is 7.88. The maximum atomic E-state index is 12.8. The van der Waals surface area contributed by atoms with E-state index < -0.39 is 0 Å². The van der Waals surface area contributed by atoms with Gasteiger partial charge in [-0.15, -0.1) is 0 Å². The Hall–Kier alpha value is -3.23. The summed E-state index contributed by atoms with van der Waals surface area (Å²) in [7, 11) is 0. The molecule has 0 aliphatic carbocycles. The van der Waals surface area contributed by atoms with Gasteiger partial charge in [-0.05, 0) is 62.7 Å². The summed E-state index contributed by atoms with van der Waals surface area (Å²) in [6, 6.07) is 14.0. The van der Waals surface area contributed by atoms with E-state index in [1.807, 2.05) is 12.1 Å². The Morgan fingerprint density at radius 1 is 1.24 bits per heavy atom. The van der Waals surface area contributed by atoms with Gasteiger partial charge >= 0.3 is 5.97 Å². The van der Waals surface area contributed by atoms with Crippen molar-refractivity contribution >= 4 is 29.2 Å². The first-order valence-electron chi connectivity index (χ1n) is 10.9. The van der Waals surface area contributed by atoms with Gasteiger partial charge in [-0.3, -0.25) is 9.69 Å². The highest BCUT2D eigenvalue weighted by Crippen LogP contribution is 2.23. The third kappa shape index (κ3) is 5.97. The SMILES string of the molecule is CCOC(=O)c1ccc(NC(=O)C2CCCN(Cc3nc(-c4cccc(Cl)c4)no3)C2)cc1. The molecule has 0 saturated carbocycles. The van der Waals surface area contributed by atoms with Crippen LogP contribution in [-0.2, 0) is 16.1 Å². The van der Waals surface area contributed by atoms with Crippen LogP contribution in [0.2, 0.25) is 5.02 Å². The number of nitrogens with one attached hydrogen (secondary N) is 1. The molecule has 0 radical (unpaired) electrons. The summed E-state index contributed by atoms with van der Waals surface area (Å²) < 4.78 is 10.4. The molecule has 0 bridgehead atoms. The maximum absolute atomic E-state index is 12.8. The first-order valence-corrected chi connectivity index (χ1v) is 11.3. The Morgan fingerprint density at radius 3 is 2.82 bits per heavy atom. The first-order chi connectivity index (χ1) is 16.0. The van der Waals surface area contributed by atoms with Crippen LogP contribution in [0, 0.1) is 5.92 Å². The van der Waals surface area contributed by atoms with Gasteiger partial charge in [-0.1, -0.05) is 28.9 Å². The first kappa shape index (κ1) is 22.9. The molecular weight excluding hydrogens is 444 g/mol. The van der Waals surface area contributed by atoms with Gasteiger partial charge in [-0.25, -0.2) is 4.79 Å². The van der Waals surface area contributed by atoms with Gasteiger partial charge in [0.1, 0.15) is 0 Å². The van der Waals surface area contributed by atoms with Crippen LogP contribution in [0.1, 0.15) is 36.0 Å². The molecule has 1 unspecified atom stereocenters. The molecule has 1 aliphatic rings. The summed E-state index contributed by atoms with van der Waals surface area (Å²) in [4.78, 5) is 31.2. The number of anilines is 1. The van der Waals surface area contributed by atoms with Crippen LogP contribution in [0.5, 0.6) is 0 Å². The van der Waals surface area contributed by atoms with Gasteiger partial charge in [0.25, 0.3) is 0 Å². The third-order valence-electron chi connectivity index (χ3n) is 5.45. The molecule has 1 amide bonds. The summed E-state index contributed by atoms with van der Waals surface area (Å²) in [5.41, 5.74) is 1.89. The smallest absolute Gasteiger partial charge is 0.338 e. The molecule has 33 heavy (non-hydrogen) atoms. The summed E-state index contributed by atoms with van der Waals surface area (Å²) in [5.74, 6) is 0.413. The van der Waals surface area contributed by atoms with Crippen molar-refractivity contribution in [3.05, 3.63) is 65.0 Å². The number of halogens is 1. The molecule has 0 spiro atoms. The van der Waals surface area contributed by atoms with Crippen LogP contribution < -0.4 is 5.32 Å². The second-order valence-corrected chi connectivity index (χ2v) is 8.32. The molecule has 1 aromatic heterocycles. The number of piperidine rings is 1. The lowest BCUT2D eigenvalue weighted by Gasteiger charge is -2.30. The van der Waals surface area contributed by atoms with E-state index in [2.05, 4.69) is 20.4 Å². The highest BCUT2D eigenvalue weighted by atomic mass is 35.5. The standard InChI is InChI=1S/C24H25ClN4O4/c1-2-32-24(31)16-8-10-20(11-9-16)26-23(30)18-6-4-12-29(14-18)15-21-27-22(28-33-21)17-5-3-7-19(25)13-17/h3,5,7-11,13,18H,2,4,6,12,14-15H2,1H3,(H,26,30). The Kier molecular flexibility index (Phi) is 7.36. The highest BCUT2D eigenvalue weighted by molar-refractivity contribution is 6.30.